The van der Waals surface area contributed by atoms with E-state index < -0.39 is 0 Å². The Hall–Kier alpha value is -0.160. The molecule has 1 atom stereocenters. The first kappa shape index (κ1) is 23.5. The van der Waals surface area contributed by atoms with E-state index in [9.17, 15) is 0 Å². The number of rotatable bonds is 5. The van der Waals surface area contributed by atoms with Crippen molar-refractivity contribution in [1.82, 2.24) is 20.0 Å². The Morgan fingerprint density at radius 3 is 2.38 bits per heavy atom. The molecular weight excluding hydrogens is 481 g/mol. The standard InChI is InChI=1S/C21H39N5O2.HI/c1-2-22-20(25-10-5-19(17-25)24-11-15-28-16-12-24)23-18-21(6-13-27-14-7-21)26-8-3-4-9-26;/h19H,2-18H2,1H3,(H,22,23);1H. The van der Waals surface area contributed by atoms with Crippen molar-refractivity contribution in [3.8, 4) is 0 Å². The van der Waals surface area contributed by atoms with Crippen molar-refractivity contribution in [3.63, 3.8) is 0 Å². The fraction of sp³-hybridized carbons (Fsp3) is 0.952. The van der Waals surface area contributed by atoms with Crippen molar-refractivity contribution in [2.75, 3.05) is 78.8 Å². The van der Waals surface area contributed by atoms with E-state index in [0.29, 0.717) is 6.04 Å². The summed E-state index contributed by atoms with van der Waals surface area (Å²) >= 11 is 0. The van der Waals surface area contributed by atoms with E-state index >= 15 is 0 Å². The molecule has 0 saturated carbocycles. The Morgan fingerprint density at radius 1 is 1.00 bits per heavy atom. The van der Waals surface area contributed by atoms with Crippen LogP contribution in [0.25, 0.3) is 0 Å². The molecule has 4 fully saturated rings. The van der Waals surface area contributed by atoms with Crippen LogP contribution in [0, 0.1) is 0 Å². The fourth-order valence-electron chi connectivity index (χ4n) is 5.34. The first-order valence-corrected chi connectivity index (χ1v) is 11.5. The lowest BCUT2D eigenvalue weighted by Crippen LogP contribution is -2.54. The summed E-state index contributed by atoms with van der Waals surface area (Å²) in [6.07, 6.45) is 6.13. The second-order valence-electron chi connectivity index (χ2n) is 8.74. The highest BCUT2D eigenvalue weighted by atomic mass is 127. The lowest BCUT2D eigenvalue weighted by Gasteiger charge is -2.44. The number of aliphatic imine (C=N–C) groups is 1. The molecule has 0 aromatic carbocycles. The quantitative estimate of drug-likeness (QED) is 0.337. The van der Waals surface area contributed by atoms with E-state index in [4.69, 9.17) is 14.5 Å². The molecule has 4 aliphatic heterocycles. The third-order valence-electron chi connectivity index (χ3n) is 7.08. The molecule has 4 heterocycles. The van der Waals surface area contributed by atoms with Gasteiger partial charge in [0.15, 0.2) is 5.96 Å². The van der Waals surface area contributed by atoms with Gasteiger partial charge in [0, 0.05) is 57.5 Å². The highest BCUT2D eigenvalue weighted by Crippen LogP contribution is 2.32. The van der Waals surface area contributed by atoms with Crippen molar-refractivity contribution in [2.45, 2.75) is 50.6 Å². The smallest absolute Gasteiger partial charge is 0.194 e. The zero-order valence-electron chi connectivity index (χ0n) is 18.1. The van der Waals surface area contributed by atoms with Gasteiger partial charge in [-0.3, -0.25) is 14.8 Å². The van der Waals surface area contributed by atoms with E-state index in [1.165, 1.54) is 32.4 Å². The topological polar surface area (TPSA) is 52.6 Å². The third kappa shape index (κ3) is 5.75. The number of hydrogen-bond donors (Lipinski definition) is 1. The van der Waals surface area contributed by atoms with Crippen LogP contribution in [0.2, 0.25) is 0 Å². The molecule has 4 aliphatic rings. The number of halogens is 1. The van der Waals surface area contributed by atoms with Gasteiger partial charge in [-0.1, -0.05) is 0 Å². The maximum absolute atomic E-state index is 5.70. The second-order valence-corrected chi connectivity index (χ2v) is 8.74. The number of nitrogens with one attached hydrogen (secondary N) is 1. The minimum Gasteiger partial charge on any atom is -0.381 e. The van der Waals surface area contributed by atoms with Crippen LogP contribution in [0.1, 0.15) is 39.0 Å². The normalized spacial score (nSPS) is 29.1. The Balaban J connectivity index is 0.00000240. The van der Waals surface area contributed by atoms with Crippen molar-refractivity contribution >= 4 is 29.9 Å². The molecule has 168 valence electrons. The largest absolute Gasteiger partial charge is 0.381 e. The van der Waals surface area contributed by atoms with Gasteiger partial charge in [0.05, 0.1) is 19.8 Å². The molecule has 7 nitrogen and oxygen atoms in total. The second kappa shape index (κ2) is 11.5. The highest BCUT2D eigenvalue weighted by Gasteiger charge is 2.40. The monoisotopic (exact) mass is 521 g/mol. The number of likely N-dealkylation sites (tertiary alicyclic amines) is 2. The predicted octanol–water partition coefficient (Wildman–Crippen LogP) is 1.62. The molecule has 1 unspecified atom stereocenters. The summed E-state index contributed by atoms with van der Waals surface area (Å²) in [5.41, 5.74) is 0.207. The zero-order valence-corrected chi connectivity index (χ0v) is 20.4. The van der Waals surface area contributed by atoms with E-state index in [0.717, 1.165) is 84.5 Å². The van der Waals surface area contributed by atoms with Gasteiger partial charge in [0.25, 0.3) is 0 Å². The van der Waals surface area contributed by atoms with Crippen LogP contribution in [0.4, 0.5) is 0 Å². The van der Waals surface area contributed by atoms with Crippen LogP contribution in [-0.4, -0.2) is 111 Å². The average Bonchev–Trinajstić information content (AvgIpc) is 3.45. The van der Waals surface area contributed by atoms with Crippen molar-refractivity contribution < 1.29 is 9.47 Å². The van der Waals surface area contributed by atoms with Crippen LogP contribution in [0.5, 0.6) is 0 Å². The lowest BCUT2D eigenvalue weighted by atomic mass is 9.88. The predicted molar refractivity (Wildman–Crippen MR) is 127 cm³/mol. The summed E-state index contributed by atoms with van der Waals surface area (Å²) in [6.45, 7) is 14.3. The van der Waals surface area contributed by atoms with Crippen molar-refractivity contribution in [3.05, 3.63) is 0 Å². The number of morpholine rings is 1. The van der Waals surface area contributed by atoms with Gasteiger partial charge in [-0.15, -0.1) is 24.0 Å². The van der Waals surface area contributed by atoms with Crippen LogP contribution in [0.3, 0.4) is 0 Å². The summed E-state index contributed by atoms with van der Waals surface area (Å²) in [4.78, 5) is 13.0. The summed E-state index contributed by atoms with van der Waals surface area (Å²) < 4.78 is 11.2. The van der Waals surface area contributed by atoms with E-state index in [1.54, 1.807) is 0 Å². The Morgan fingerprint density at radius 2 is 1.69 bits per heavy atom. The molecular formula is C21H40IN5O2. The van der Waals surface area contributed by atoms with E-state index in [2.05, 4.69) is 26.9 Å². The summed E-state index contributed by atoms with van der Waals surface area (Å²) in [7, 11) is 0. The minimum absolute atomic E-state index is 0. The van der Waals surface area contributed by atoms with Gasteiger partial charge in [0.2, 0.25) is 0 Å². The van der Waals surface area contributed by atoms with Gasteiger partial charge in [-0.05, 0) is 52.1 Å². The molecule has 1 N–H and O–H groups in total. The molecule has 4 saturated heterocycles. The summed E-state index contributed by atoms with van der Waals surface area (Å²) in [6, 6.07) is 0.642. The number of hydrogen-bond acceptors (Lipinski definition) is 5. The van der Waals surface area contributed by atoms with Crippen LogP contribution in [0.15, 0.2) is 4.99 Å². The number of nitrogens with zero attached hydrogens (tertiary/aromatic N) is 4. The number of ether oxygens (including phenoxy) is 2. The highest BCUT2D eigenvalue weighted by molar-refractivity contribution is 14.0. The van der Waals surface area contributed by atoms with Crippen LogP contribution < -0.4 is 5.32 Å². The molecule has 0 radical (unpaired) electrons. The van der Waals surface area contributed by atoms with Crippen LogP contribution >= 0.6 is 24.0 Å². The van der Waals surface area contributed by atoms with Crippen LogP contribution in [-0.2, 0) is 9.47 Å². The molecule has 0 aromatic rings. The zero-order chi connectivity index (χ0) is 19.2. The molecule has 0 amide bonds. The Kier molecular flexibility index (Phi) is 9.28. The molecule has 0 aromatic heterocycles. The average molecular weight is 521 g/mol. The van der Waals surface area contributed by atoms with Crippen molar-refractivity contribution in [2.24, 2.45) is 4.99 Å². The molecule has 0 aliphatic carbocycles. The maximum Gasteiger partial charge on any atom is 0.194 e. The molecule has 29 heavy (non-hydrogen) atoms. The fourth-order valence-corrected chi connectivity index (χ4v) is 5.34. The van der Waals surface area contributed by atoms with Gasteiger partial charge in [0.1, 0.15) is 0 Å². The van der Waals surface area contributed by atoms with Gasteiger partial charge >= 0.3 is 0 Å². The van der Waals surface area contributed by atoms with Gasteiger partial charge in [-0.2, -0.15) is 0 Å². The molecule has 4 rings (SSSR count). The summed E-state index contributed by atoms with van der Waals surface area (Å²) in [5.74, 6) is 1.11. The molecule has 0 bridgehead atoms. The third-order valence-corrected chi connectivity index (χ3v) is 7.08. The number of guanidine groups is 1. The Bertz CT molecular complexity index is 517. The maximum atomic E-state index is 5.70. The van der Waals surface area contributed by atoms with Crippen molar-refractivity contribution in [1.29, 1.82) is 0 Å². The van der Waals surface area contributed by atoms with E-state index in [1.807, 2.05) is 0 Å². The van der Waals surface area contributed by atoms with Gasteiger partial charge < -0.3 is 19.7 Å². The molecule has 8 heteroatoms. The van der Waals surface area contributed by atoms with Gasteiger partial charge in [-0.25, -0.2) is 0 Å². The summed E-state index contributed by atoms with van der Waals surface area (Å²) in [5, 5.41) is 3.58. The van der Waals surface area contributed by atoms with E-state index in [-0.39, 0.29) is 29.5 Å². The minimum atomic E-state index is 0. The SMILES string of the molecule is CCNC(=NCC1(N2CCCC2)CCOCC1)N1CCC(N2CCOCC2)C1.I. The Labute approximate surface area is 193 Å². The first-order valence-electron chi connectivity index (χ1n) is 11.5. The molecule has 0 spiro atoms. The first-order chi connectivity index (χ1) is 13.8. The lowest BCUT2D eigenvalue weighted by molar-refractivity contribution is -0.0139.